The largest absolute Gasteiger partial charge is 0.362 e. The molecule has 0 bridgehead atoms. The molecule has 1 aliphatic carbocycles. The van der Waals surface area contributed by atoms with Gasteiger partial charge in [0.1, 0.15) is 17.0 Å². The van der Waals surface area contributed by atoms with Gasteiger partial charge in [0.25, 0.3) is 0 Å². The summed E-state index contributed by atoms with van der Waals surface area (Å²) in [5.74, 6) is 0.952. The molecule has 0 amide bonds. The molecule has 0 aliphatic heterocycles. The average molecular weight is 313 g/mol. The first kappa shape index (κ1) is 13.7. The maximum absolute atomic E-state index is 4.51. The number of aryl methyl sites for hydroxylation is 3. The number of nitrogens with zero attached hydrogens (tertiary/aromatic N) is 4. The third-order valence-electron chi connectivity index (χ3n) is 4.65. The molecule has 4 rings (SSSR count). The summed E-state index contributed by atoms with van der Waals surface area (Å²) < 4.78 is 2.00. The zero-order valence-electron chi connectivity index (χ0n) is 13.1. The predicted molar refractivity (Wildman–Crippen MR) is 89.4 cm³/mol. The lowest BCUT2D eigenvalue weighted by atomic mass is 9.93. The molecule has 3 aromatic rings. The van der Waals surface area contributed by atoms with Crippen LogP contribution in [0.2, 0.25) is 0 Å². The number of aromatic nitrogens is 4. The topological polar surface area (TPSA) is 55.6 Å². The number of hydrogen-bond donors (Lipinski definition) is 1. The zero-order valence-corrected chi connectivity index (χ0v) is 13.9. The van der Waals surface area contributed by atoms with Crippen LogP contribution in [0.3, 0.4) is 0 Å². The molecule has 1 N–H and O–H groups in total. The van der Waals surface area contributed by atoms with Crippen molar-refractivity contribution in [3.63, 3.8) is 0 Å². The lowest BCUT2D eigenvalue weighted by Gasteiger charge is -2.24. The van der Waals surface area contributed by atoms with Crippen molar-refractivity contribution in [2.24, 2.45) is 7.05 Å². The lowest BCUT2D eigenvalue weighted by Crippen LogP contribution is -2.18. The fourth-order valence-corrected chi connectivity index (χ4v) is 4.31. The summed E-state index contributed by atoms with van der Waals surface area (Å²) in [6, 6.07) is 0.287. The summed E-state index contributed by atoms with van der Waals surface area (Å²) >= 11 is 1.74. The molecule has 0 radical (unpaired) electrons. The van der Waals surface area contributed by atoms with Gasteiger partial charge in [-0.1, -0.05) is 0 Å². The number of nitrogens with one attached hydrogen (secondary N) is 1. The van der Waals surface area contributed by atoms with Gasteiger partial charge in [-0.15, -0.1) is 11.3 Å². The van der Waals surface area contributed by atoms with Crippen LogP contribution >= 0.6 is 11.3 Å². The van der Waals surface area contributed by atoms with Crippen molar-refractivity contribution in [3.8, 4) is 0 Å². The summed E-state index contributed by atoms with van der Waals surface area (Å²) in [7, 11) is 2.02. The van der Waals surface area contributed by atoms with Crippen LogP contribution in [0.1, 0.15) is 40.6 Å². The number of thiophene rings is 1. The van der Waals surface area contributed by atoms with E-state index < -0.39 is 0 Å². The van der Waals surface area contributed by atoms with Crippen molar-refractivity contribution in [2.45, 2.75) is 39.2 Å². The molecule has 0 spiro atoms. The van der Waals surface area contributed by atoms with Crippen molar-refractivity contribution < 1.29 is 0 Å². The highest BCUT2D eigenvalue weighted by molar-refractivity contribution is 7.18. The lowest BCUT2D eigenvalue weighted by molar-refractivity contribution is 0.570. The van der Waals surface area contributed by atoms with Crippen LogP contribution in [0.25, 0.3) is 10.2 Å². The summed E-state index contributed by atoms with van der Waals surface area (Å²) in [5, 5.41) is 9.24. The van der Waals surface area contributed by atoms with Gasteiger partial charge in [0.15, 0.2) is 0 Å². The Morgan fingerprint density at radius 3 is 3.05 bits per heavy atom. The van der Waals surface area contributed by atoms with E-state index in [4.69, 9.17) is 0 Å². The highest BCUT2D eigenvalue weighted by Gasteiger charge is 2.24. The summed E-state index contributed by atoms with van der Waals surface area (Å²) in [5.41, 5.74) is 3.93. The van der Waals surface area contributed by atoms with Crippen molar-refractivity contribution in [3.05, 3.63) is 34.2 Å². The third-order valence-corrected chi connectivity index (χ3v) is 5.77. The minimum atomic E-state index is 0.287. The van der Waals surface area contributed by atoms with Crippen LogP contribution in [-0.4, -0.2) is 19.7 Å². The quantitative estimate of drug-likeness (QED) is 0.786. The van der Waals surface area contributed by atoms with Gasteiger partial charge in [-0.05, 0) is 38.7 Å². The van der Waals surface area contributed by atoms with Gasteiger partial charge in [0, 0.05) is 23.2 Å². The third kappa shape index (κ3) is 2.01. The molecule has 6 heteroatoms. The Morgan fingerprint density at radius 1 is 1.32 bits per heavy atom. The Hall–Kier alpha value is -1.95. The second-order valence-corrected chi connectivity index (χ2v) is 7.15. The molecule has 22 heavy (non-hydrogen) atoms. The zero-order chi connectivity index (χ0) is 15.3. The van der Waals surface area contributed by atoms with E-state index in [1.165, 1.54) is 33.5 Å². The first-order valence-corrected chi connectivity index (χ1v) is 8.45. The normalized spacial score (nSPS) is 17.7. The Kier molecular flexibility index (Phi) is 3.14. The fourth-order valence-electron chi connectivity index (χ4n) is 3.31. The SMILES string of the molecule is Cc1sc2ncnc(N[C@H]3CCCc4c3cnn4C)c2c1C. The maximum Gasteiger partial charge on any atom is 0.138 e. The standard InChI is InChI=1S/C16H19N5S/c1-9-10(2)22-16-14(9)15(17-8-18-16)20-12-5-4-6-13-11(12)7-19-21(13)3/h7-8,12H,4-6H2,1-3H3,(H,17,18,20)/t12-/m0/s1. The molecule has 0 saturated carbocycles. The Balaban J connectivity index is 1.76. The minimum Gasteiger partial charge on any atom is -0.362 e. The molecular weight excluding hydrogens is 294 g/mol. The average Bonchev–Trinajstić information content (AvgIpc) is 3.02. The van der Waals surface area contributed by atoms with Gasteiger partial charge in [-0.3, -0.25) is 4.68 Å². The van der Waals surface area contributed by atoms with Crippen LogP contribution in [0.5, 0.6) is 0 Å². The predicted octanol–water partition coefficient (Wildman–Crippen LogP) is 3.53. The van der Waals surface area contributed by atoms with E-state index in [0.29, 0.717) is 0 Å². The fraction of sp³-hybridized carbons (Fsp3) is 0.438. The van der Waals surface area contributed by atoms with E-state index in [1.807, 2.05) is 17.9 Å². The Labute approximate surface area is 133 Å². The summed E-state index contributed by atoms with van der Waals surface area (Å²) in [6.45, 7) is 4.30. The number of rotatable bonds is 2. The van der Waals surface area contributed by atoms with Crippen molar-refractivity contribution in [1.29, 1.82) is 0 Å². The second-order valence-electron chi connectivity index (χ2n) is 5.95. The molecule has 3 aromatic heterocycles. The molecule has 114 valence electrons. The van der Waals surface area contributed by atoms with E-state index in [-0.39, 0.29) is 6.04 Å². The minimum absolute atomic E-state index is 0.287. The number of anilines is 1. The summed E-state index contributed by atoms with van der Waals surface area (Å²) in [4.78, 5) is 11.3. The maximum atomic E-state index is 4.51. The molecule has 0 saturated heterocycles. The molecular formula is C16H19N5S. The summed E-state index contributed by atoms with van der Waals surface area (Å²) in [6.07, 6.45) is 7.06. The Bertz CT molecular complexity index is 848. The molecule has 0 fully saturated rings. The number of hydrogen-bond acceptors (Lipinski definition) is 5. The molecule has 1 atom stereocenters. The Morgan fingerprint density at radius 2 is 2.18 bits per heavy atom. The smallest absolute Gasteiger partial charge is 0.138 e. The van der Waals surface area contributed by atoms with Crippen molar-refractivity contribution in [2.75, 3.05) is 5.32 Å². The molecule has 0 aromatic carbocycles. The van der Waals surface area contributed by atoms with Crippen LogP contribution in [0, 0.1) is 13.8 Å². The number of fused-ring (bicyclic) bond motifs is 2. The van der Waals surface area contributed by atoms with Crippen LogP contribution in [0.15, 0.2) is 12.5 Å². The molecule has 3 heterocycles. The molecule has 0 unspecified atom stereocenters. The van der Waals surface area contributed by atoms with E-state index in [2.05, 4.69) is 34.2 Å². The van der Waals surface area contributed by atoms with Crippen LogP contribution in [-0.2, 0) is 13.5 Å². The van der Waals surface area contributed by atoms with E-state index >= 15 is 0 Å². The van der Waals surface area contributed by atoms with E-state index in [0.717, 1.165) is 23.5 Å². The first-order valence-electron chi connectivity index (χ1n) is 7.63. The van der Waals surface area contributed by atoms with Gasteiger partial charge in [-0.25, -0.2) is 9.97 Å². The van der Waals surface area contributed by atoms with Crippen molar-refractivity contribution in [1.82, 2.24) is 19.7 Å². The first-order chi connectivity index (χ1) is 10.6. The highest BCUT2D eigenvalue weighted by atomic mass is 32.1. The van der Waals surface area contributed by atoms with Crippen molar-refractivity contribution >= 4 is 27.4 Å². The van der Waals surface area contributed by atoms with E-state index in [9.17, 15) is 0 Å². The van der Waals surface area contributed by atoms with Gasteiger partial charge >= 0.3 is 0 Å². The second kappa shape index (κ2) is 5.05. The van der Waals surface area contributed by atoms with Gasteiger partial charge in [-0.2, -0.15) is 5.10 Å². The van der Waals surface area contributed by atoms with E-state index in [1.54, 1.807) is 17.7 Å². The molecule has 1 aliphatic rings. The molecule has 5 nitrogen and oxygen atoms in total. The van der Waals surface area contributed by atoms with Gasteiger partial charge in [0.05, 0.1) is 17.6 Å². The van der Waals surface area contributed by atoms with Crippen LogP contribution in [0.4, 0.5) is 5.82 Å². The monoisotopic (exact) mass is 313 g/mol. The highest BCUT2D eigenvalue weighted by Crippen LogP contribution is 2.36. The van der Waals surface area contributed by atoms with Gasteiger partial charge < -0.3 is 5.32 Å². The van der Waals surface area contributed by atoms with Crippen LogP contribution < -0.4 is 5.32 Å². The van der Waals surface area contributed by atoms with Gasteiger partial charge in [0.2, 0.25) is 0 Å².